The highest BCUT2D eigenvalue weighted by molar-refractivity contribution is 6.35. The molecule has 0 N–H and O–H groups in total. The minimum Gasteiger partial charge on any atom is -0.481 e. The average molecular weight is 407 g/mol. The van der Waals surface area contributed by atoms with E-state index >= 15 is 0 Å². The number of hydrogen-bond acceptors (Lipinski definition) is 5. The zero-order chi connectivity index (χ0) is 20.5. The van der Waals surface area contributed by atoms with Gasteiger partial charge in [0.1, 0.15) is 5.75 Å². The number of nitrogens with zero attached hydrogens (tertiary/aromatic N) is 2. The minimum atomic E-state index is -0.491. The molecule has 0 aliphatic carbocycles. The van der Waals surface area contributed by atoms with Crippen LogP contribution >= 0.6 is 11.6 Å². The normalized spacial score (nSPS) is 14.6. The Kier molecular flexibility index (Phi) is 8.51. The van der Waals surface area contributed by atoms with E-state index in [1.54, 1.807) is 26.1 Å². The van der Waals surface area contributed by atoms with Crippen molar-refractivity contribution in [2.24, 2.45) is 0 Å². The highest BCUT2D eigenvalue weighted by Crippen LogP contribution is 2.26. The summed E-state index contributed by atoms with van der Waals surface area (Å²) in [5.41, 5.74) is 0.766. The largest absolute Gasteiger partial charge is 0.481 e. The Balaban J connectivity index is 0.000000409. The van der Waals surface area contributed by atoms with Crippen molar-refractivity contribution in [2.45, 2.75) is 46.1 Å². The summed E-state index contributed by atoms with van der Waals surface area (Å²) in [7, 11) is 0. The van der Waals surface area contributed by atoms with Gasteiger partial charge < -0.3 is 14.4 Å². The van der Waals surface area contributed by atoms with Crippen LogP contribution in [0.4, 0.5) is 0 Å². The van der Waals surface area contributed by atoms with Gasteiger partial charge in [0.05, 0.1) is 17.1 Å². The second-order valence-electron chi connectivity index (χ2n) is 6.54. The second kappa shape index (κ2) is 10.9. The Morgan fingerprint density at radius 2 is 1.93 bits per heavy atom. The Labute approximate surface area is 170 Å². The highest BCUT2D eigenvalue weighted by atomic mass is 35.5. The van der Waals surface area contributed by atoms with E-state index in [2.05, 4.69) is 9.72 Å². The van der Waals surface area contributed by atoms with Crippen LogP contribution in [0.5, 0.6) is 5.75 Å². The molecule has 28 heavy (non-hydrogen) atoms. The summed E-state index contributed by atoms with van der Waals surface area (Å²) in [6.45, 7) is 7.12. The molecule has 1 saturated heterocycles. The van der Waals surface area contributed by atoms with E-state index in [4.69, 9.17) is 16.3 Å². The van der Waals surface area contributed by atoms with Gasteiger partial charge in [-0.2, -0.15) is 0 Å². The number of esters is 1. The molecule has 1 amide bonds. The standard InChI is InChI=1S/C17H19ClN2O2.C4H8O2/c1-12(17(21)20-9-3-2-4-10-20)22-13-5-6-14-15(18)7-8-19-16(14)11-13;1-3-6-4(2)5/h5-8,11-12H,2-4,9-10H2,1H3;3H2,1-2H3. The lowest BCUT2D eigenvalue weighted by atomic mass is 10.1. The van der Waals surface area contributed by atoms with Crippen LogP contribution in [0.2, 0.25) is 5.02 Å². The molecule has 1 unspecified atom stereocenters. The van der Waals surface area contributed by atoms with Crippen molar-refractivity contribution in [3.8, 4) is 5.75 Å². The van der Waals surface area contributed by atoms with Gasteiger partial charge in [-0.25, -0.2) is 0 Å². The average Bonchev–Trinajstić information content (AvgIpc) is 2.68. The van der Waals surface area contributed by atoms with Crippen molar-refractivity contribution in [2.75, 3.05) is 19.7 Å². The Hall–Kier alpha value is -2.34. The summed E-state index contributed by atoms with van der Waals surface area (Å²) in [4.78, 5) is 28.4. The molecule has 152 valence electrons. The van der Waals surface area contributed by atoms with Crippen molar-refractivity contribution in [1.82, 2.24) is 9.88 Å². The third-order valence-corrected chi connectivity index (χ3v) is 4.67. The topological polar surface area (TPSA) is 68.7 Å². The lowest BCUT2D eigenvalue weighted by Crippen LogP contribution is -2.43. The van der Waals surface area contributed by atoms with Crippen molar-refractivity contribution in [1.29, 1.82) is 0 Å². The molecule has 1 fully saturated rings. The number of aromatic nitrogens is 1. The van der Waals surface area contributed by atoms with Gasteiger partial charge in [0.25, 0.3) is 5.91 Å². The molecule has 0 saturated carbocycles. The minimum absolute atomic E-state index is 0.0545. The molecule has 3 rings (SSSR count). The summed E-state index contributed by atoms with van der Waals surface area (Å²) in [5.74, 6) is 0.483. The zero-order valence-electron chi connectivity index (χ0n) is 16.6. The Morgan fingerprint density at radius 1 is 1.21 bits per heavy atom. The van der Waals surface area contributed by atoms with Gasteiger partial charge in [0.15, 0.2) is 6.10 Å². The van der Waals surface area contributed by atoms with Crippen LogP contribution in [-0.2, 0) is 14.3 Å². The van der Waals surface area contributed by atoms with Crippen molar-refractivity contribution in [3.05, 3.63) is 35.5 Å². The lowest BCUT2D eigenvalue weighted by Gasteiger charge is -2.29. The summed E-state index contributed by atoms with van der Waals surface area (Å²) >= 11 is 6.13. The number of rotatable bonds is 4. The van der Waals surface area contributed by atoms with Crippen molar-refractivity contribution >= 4 is 34.4 Å². The number of pyridine rings is 1. The maximum absolute atomic E-state index is 12.4. The predicted octanol–water partition coefficient (Wildman–Crippen LogP) is 4.24. The fourth-order valence-electron chi connectivity index (χ4n) is 3.00. The number of carbonyl (C=O) groups is 2. The van der Waals surface area contributed by atoms with Crippen molar-refractivity contribution in [3.63, 3.8) is 0 Å². The molecule has 7 heteroatoms. The molecular formula is C21H27ClN2O4. The fraction of sp³-hybridized carbons (Fsp3) is 0.476. The van der Waals surface area contributed by atoms with E-state index in [9.17, 15) is 9.59 Å². The van der Waals surface area contributed by atoms with Crippen molar-refractivity contribution < 1.29 is 19.1 Å². The highest BCUT2D eigenvalue weighted by Gasteiger charge is 2.23. The Bertz CT molecular complexity index is 806. The second-order valence-corrected chi connectivity index (χ2v) is 6.95. The molecular weight excluding hydrogens is 380 g/mol. The first-order valence-electron chi connectivity index (χ1n) is 9.55. The van der Waals surface area contributed by atoms with Crippen LogP contribution in [0, 0.1) is 0 Å². The molecule has 1 aliphatic heterocycles. The lowest BCUT2D eigenvalue weighted by molar-refractivity contribution is -0.140. The van der Waals surface area contributed by atoms with E-state index in [1.165, 1.54) is 13.3 Å². The first-order chi connectivity index (χ1) is 13.4. The number of benzene rings is 1. The molecule has 2 aromatic rings. The molecule has 0 spiro atoms. The molecule has 0 radical (unpaired) electrons. The van der Waals surface area contributed by atoms with Gasteiger partial charge in [-0.1, -0.05) is 11.6 Å². The first kappa shape index (κ1) is 22.0. The van der Waals surface area contributed by atoms with Crippen LogP contribution in [-0.4, -0.2) is 47.6 Å². The monoisotopic (exact) mass is 406 g/mol. The van der Waals surface area contributed by atoms with Crippen LogP contribution in [0.25, 0.3) is 10.9 Å². The maximum atomic E-state index is 12.4. The van der Waals surface area contributed by atoms with E-state index in [0.717, 1.165) is 36.8 Å². The molecule has 1 aromatic heterocycles. The molecule has 1 atom stereocenters. The number of fused-ring (bicyclic) bond motifs is 1. The number of hydrogen-bond donors (Lipinski definition) is 0. The summed E-state index contributed by atoms with van der Waals surface area (Å²) in [6, 6.07) is 7.28. The molecule has 6 nitrogen and oxygen atoms in total. The zero-order valence-corrected chi connectivity index (χ0v) is 17.4. The van der Waals surface area contributed by atoms with E-state index in [-0.39, 0.29) is 11.9 Å². The fourth-order valence-corrected chi connectivity index (χ4v) is 3.21. The van der Waals surface area contributed by atoms with Gasteiger partial charge in [-0.05, 0) is 51.3 Å². The Morgan fingerprint density at radius 3 is 2.54 bits per heavy atom. The number of ether oxygens (including phenoxy) is 2. The molecule has 1 aliphatic rings. The van der Waals surface area contributed by atoms with E-state index in [0.29, 0.717) is 17.4 Å². The third-order valence-electron chi connectivity index (χ3n) is 4.34. The summed E-state index contributed by atoms with van der Waals surface area (Å²) in [5, 5.41) is 1.54. The molecule has 2 heterocycles. The third kappa shape index (κ3) is 6.37. The predicted molar refractivity (Wildman–Crippen MR) is 110 cm³/mol. The number of carbonyl (C=O) groups excluding carboxylic acids is 2. The first-order valence-corrected chi connectivity index (χ1v) is 9.93. The van der Waals surface area contributed by atoms with Gasteiger partial charge in [-0.3, -0.25) is 14.6 Å². The van der Waals surface area contributed by atoms with Gasteiger partial charge in [0, 0.05) is 37.7 Å². The van der Waals surface area contributed by atoms with Gasteiger partial charge >= 0.3 is 5.97 Å². The van der Waals surface area contributed by atoms with E-state index < -0.39 is 6.10 Å². The maximum Gasteiger partial charge on any atom is 0.302 e. The smallest absolute Gasteiger partial charge is 0.302 e. The molecule has 0 bridgehead atoms. The summed E-state index contributed by atoms with van der Waals surface area (Å²) in [6.07, 6.45) is 4.54. The number of amides is 1. The number of likely N-dealkylation sites (tertiary alicyclic amines) is 1. The van der Waals surface area contributed by atoms with Crippen LogP contribution in [0.15, 0.2) is 30.5 Å². The molecule has 1 aromatic carbocycles. The van der Waals surface area contributed by atoms with Crippen LogP contribution in [0.3, 0.4) is 0 Å². The SMILES string of the molecule is CC(Oc1ccc2c(Cl)ccnc2c1)C(=O)N1CCCCC1.CCOC(C)=O. The van der Waals surface area contributed by atoms with Gasteiger partial charge in [-0.15, -0.1) is 0 Å². The summed E-state index contributed by atoms with van der Waals surface area (Å²) < 4.78 is 10.2. The van der Waals surface area contributed by atoms with E-state index in [1.807, 2.05) is 23.1 Å². The van der Waals surface area contributed by atoms with Crippen LogP contribution < -0.4 is 4.74 Å². The van der Waals surface area contributed by atoms with Gasteiger partial charge in [0.2, 0.25) is 0 Å². The number of halogens is 1. The number of piperidine rings is 1. The van der Waals surface area contributed by atoms with Crippen LogP contribution in [0.1, 0.15) is 40.0 Å². The quantitative estimate of drug-likeness (QED) is 0.710.